The number of ketones is 1. The number of aromatic nitrogens is 2. The first kappa shape index (κ1) is 13.8. The Hall–Kier alpha value is -2.20. The Morgan fingerprint density at radius 3 is 2.67 bits per heavy atom. The van der Waals surface area contributed by atoms with Crippen molar-refractivity contribution in [2.24, 2.45) is 7.05 Å². The molecule has 0 bridgehead atoms. The minimum Gasteiger partial charge on any atom is -0.289 e. The third kappa shape index (κ3) is 2.81. The second-order valence-electron chi connectivity index (χ2n) is 4.76. The van der Waals surface area contributed by atoms with Crippen LogP contribution >= 0.6 is 15.9 Å². The third-order valence-electron chi connectivity index (χ3n) is 3.36. The molecule has 0 saturated heterocycles. The summed E-state index contributed by atoms with van der Waals surface area (Å²) in [5.41, 5.74) is 1.55. The topological polar surface area (TPSA) is 34.9 Å². The van der Waals surface area contributed by atoms with E-state index in [0.29, 0.717) is 5.56 Å². The molecular weight excluding hydrogens is 328 g/mol. The number of aryl methyl sites for hydroxylation is 1. The smallest absolute Gasteiger partial charge is 0.185 e. The zero-order chi connectivity index (χ0) is 14.8. The molecule has 2 aromatic carbocycles. The number of fused-ring (bicyclic) bond motifs is 1. The normalized spacial score (nSPS) is 11.3. The fraction of sp³-hybridized carbons (Fsp3) is 0.0588. The molecule has 0 atom stereocenters. The highest BCUT2D eigenvalue weighted by Crippen LogP contribution is 2.18. The molecule has 104 valence electrons. The summed E-state index contributed by atoms with van der Waals surface area (Å²) in [4.78, 5) is 12.3. The predicted molar refractivity (Wildman–Crippen MR) is 88.2 cm³/mol. The number of hydrogen-bond acceptors (Lipinski definition) is 2. The van der Waals surface area contributed by atoms with Crippen LogP contribution in [0.2, 0.25) is 0 Å². The van der Waals surface area contributed by atoms with Gasteiger partial charge in [0.1, 0.15) is 0 Å². The lowest BCUT2D eigenvalue weighted by Gasteiger charge is -2.00. The first-order valence-electron chi connectivity index (χ1n) is 6.54. The van der Waals surface area contributed by atoms with Crippen molar-refractivity contribution in [1.29, 1.82) is 0 Å². The Morgan fingerprint density at radius 2 is 1.95 bits per heavy atom. The Balaban J connectivity index is 1.90. The van der Waals surface area contributed by atoms with Crippen molar-refractivity contribution in [3.8, 4) is 0 Å². The molecule has 0 saturated carbocycles. The van der Waals surface area contributed by atoms with Crippen molar-refractivity contribution in [3.05, 3.63) is 70.5 Å². The van der Waals surface area contributed by atoms with Crippen molar-refractivity contribution >= 4 is 38.6 Å². The summed E-state index contributed by atoms with van der Waals surface area (Å²) in [6.45, 7) is 0. The highest BCUT2D eigenvalue weighted by Gasteiger charge is 2.05. The van der Waals surface area contributed by atoms with Crippen LogP contribution in [0.1, 0.15) is 16.1 Å². The van der Waals surface area contributed by atoms with Gasteiger partial charge in [0.25, 0.3) is 0 Å². The zero-order valence-corrected chi connectivity index (χ0v) is 13.0. The highest BCUT2D eigenvalue weighted by molar-refractivity contribution is 9.10. The number of allylic oxidation sites excluding steroid dienone is 1. The molecule has 1 aromatic heterocycles. The summed E-state index contributed by atoms with van der Waals surface area (Å²) in [6, 6.07) is 13.7. The monoisotopic (exact) mass is 340 g/mol. The van der Waals surface area contributed by atoms with E-state index in [1.807, 2.05) is 49.5 Å². The lowest BCUT2D eigenvalue weighted by Crippen LogP contribution is -1.96. The van der Waals surface area contributed by atoms with Crippen molar-refractivity contribution in [1.82, 2.24) is 9.78 Å². The average molecular weight is 341 g/mol. The molecule has 0 aliphatic rings. The maximum atomic E-state index is 12.3. The van der Waals surface area contributed by atoms with E-state index in [2.05, 4.69) is 21.0 Å². The van der Waals surface area contributed by atoms with Gasteiger partial charge in [-0.1, -0.05) is 36.4 Å². The maximum Gasteiger partial charge on any atom is 0.185 e. The van der Waals surface area contributed by atoms with Crippen LogP contribution in [0.15, 0.2) is 59.2 Å². The van der Waals surface area contributed by atoms with Crippen LogP contribution in [0, 0.1) is 0 Å². The summed E-state index contributed by atoms with van der Waals surface area (Å²) >= 11 is 3.41. The predicted octanol–water partition coefficient (Wildman–Crippen LogP) is 4.23. The largest absolute Gasteiger partial charge is 0.289 e. The van der Waals surface area contributed by atoms with Gasteiger partial charge in [0.2, 0.25) is 0 Å². The van der Waals surface area contributed by atoms with Gasteiger partial charge in [-0.05, 0) is 44.9 Å². The minimum atomic E-state index is -0.0196. The SMILES string of the molecule is Cn1ncc(Br)c1/C=C/C(=O)c1ccc2ccccc2c1. The maximum absolute atomic E-state index is 12.3. The fourth-order valence-corrected chi connectivity index (χ4v) is 2.68. The molecule has 0 N–H and O–H groups in total. The van der Waals surface area contributed by atoms with E-state index in [1.165, 1.54) is 0 Å². The van der Waals surface area contributed by atoms with E-state index < -0.39 is 0 Å². The molecular formula is C17H13BrN2O. The van der Waals surface area contributed by atoms with Gasteiger partial charge in [0.05, 0.1) is 16.4 Å². The van der Waals surface area contributed by atoms with E-state index in [1.54, 1.807) is 23.0 Å². The molecule has 3 nitrogen and oxygen atoms in total. The first-order valence-corrected chi connectivity index (χ1v) is 7.33. The molecule has 0 amide bonds. The van der Waals surface area contributed by atoms with Crippen LogP contribution < -0.4 is 0 Å². The Morgan fingerprint density at radius 1 is 1.19 bits per heavy atom. The number of hydrogen-bond donors (Lipinski definition) is 0. The molecule has 4 heteroatoms. The van der Waals surface area contributed by atoms with Crippen LogP contribution in [-0.2, 0) is 7.05 Å². The van der Waals surface area contributed by atoms with Crippen LogP contribution in [0.3, 0.4) is 0 Å². The second-order valence-corrected chi connectivity index (χ2v) is 5.62. The van der Waals surface area contributed by atoms with Gasteiger partial charge in [0, 0.05) is 12.6 Å². The van der Waals surface area contributed by atoms with E-state index in [4.69, 9.17) is 0 Å². The van der Waals surface area contributed by atoms with Gasteiger partial charge >= 0.3 is 0 Å². The molecule has 0 fully saturated rings. The lowest BCUT2D eigenvalue weighted by molar-refractivity contribution is 0.104. The number of halogens is 1. The first-order chi connectivity index (χ1) is 10.1. The van der Waals surface area contributed by atoms with Crippen molar-refractivity contribution < 1.29 is 4.79 Å². The highest BCUT2D eigenvalue weighted by atomic mass is 79.9. The summed E-state index contributed by atoms with van der Waals surface area (Å²) in [6.07, 6.45) is 5.06. The molecule has 0 radical (unpaired) electrons. The van der Waals surface area contributed by atoms with Crippen LogP contribution in [0.5, 0.6) is 0 Å². The van der Waals surface area contributed by atoms with Crippen LogP contribution in [0.4, 0.5) is 0 Å². The van der Waals surface area contributed by atoms with Crippen LogP contribution in [0.25, 0.3) is 16.8 Å². The number of carbonyl (C=O) groups excluding carboxylic acids is 1. The second kappa shape index (κ2) is 5.66. The van der Waals surface area contributed by atoms with Crippen LogP contribution in [-0.4, -0.2) is 15.6 Å². The van der Waals surface area contributed by atoms with E-state index in [9.17, 15) is 4.79 Å². The lowest BCUT2D eigenvalue weighted by atomic mass is 10.0. The molecule has 3 rings (SSSR count). The summed E-state index contributed by atoms with van der Waals surface area (Å²) in [7, 11) is 1.84. The van der Waals surface area contributed by atoms with E-state index >= 15 is 0 Å². The number of nitrogens with zero attached hydrogens (tertiary/aromatic N) is 2. The summed E-state index contributed by atoms with van der Waals surface area (Å²) in [5, 5.41) is 6.31. The molecule has 0 spiro atoms. The van der Waals surface area contributed by atoms with Gasteiger partial charge in [0.15, 0.2) is 5.78 Å². The van der Waals surface area contributed by atoms with Crippen molar-refractivity contribution in [2.75, 3.05) is 0 Å². The van der Waals surface area contributed by atoms with Gasteiger partial charge in [-0.2, -0.15) is 5.10 Å². The van der Waals surface area contributed by atoms with Gasteiger partial charge in [-0.25, -0.2) is 0 Å². The summed E-state index contributed by atoms with van der Waals surface area (Å²) in [5.74, 6) is -0.0196. The van der Waals surface area contributed by atoms with Gasteiger partial charge in [-0.15, -0.1) is 0 Å². The van der Waals surface area contributed by atoms with Gasteiger partial charge in [-0.3, -0.25) is 9.48 Å². The Bertz CT molecular complexity index is 829. The molecule has 0 unspecified atom stereocenters. The molecule has 21 heavy (non-hydrogen) atoms. The van der Waals surface area contributed by atoms with E-state index in [-0.39, 0.29) is 5.78 Å². The molecule has 0 aliphatic carbocycles. The molecule has 3 aromatic rings. The fourth-order valence-electron chi connectivity index (χ4n) is 2.20. The summed E-state index contributed by atoms with van der Waals surface area (Å²) < 4.78 is 2.58. The molecule has 0 aliphatic heterocycles. The standard InChI is InChI=1S/C17H13BrN2O/c1-20-16(15(18)11-19-20)8-9-17(21)14-7-6-12-4-2-3-5-13(12)10-14/h2-11H,1H3/b9-8+. The number of rotatable bonds is 3. The zero-order valence-electron chi connectivity index (χ0n) is 11.5. The quantitative estimate of drug-likeness (QED) is 0.528. The number of benzene rings is 2. The van der Waals surface area contributed by atoms with Crippen molar-refractivity contribution in [2.45, 2.75) is 0 Å². The van der Waals surface area contributed by atoms with E-state index in [0.717, 1.165) is 20.9 Å². The average Bonchev–Trinajstić information content (AvgIpc) is 2.83. The van der Waals surface area contributed by atoms with Crippen molar-refractivity contribution in [3.63, 3.8) is 0 Å². The van der Waals surface area contributed by atoms with Gasteiger partial charge < -0.3 is 0 Å². The minimum absolute atomic E-state index is 0.0196. The molecule has 1 heterocycles. The Kier molecular flexibility index (Phi) is 3.71. The Labute approximate surface area is 131 Å². The number of carbonyl (C=O) groups is 1. The third-order valence-corrected chi connectivity index (χ3v) is 3.98.